The number of halogens is 5. The Labute approximate surface area is 261 Å². The summed E-state index contributed by atoms with van der Waals surface area (Å²) in [7, 11) is 0. The van der Waals surface area contributed by atoms with Crippen LogP contribution in [0, 0.1) is 28.1 Å². The number of imidazole rings is 1. The van der Waals surface area contributed by atoms with Crippen molar-refractivity contribution < 1.29 is 31.5 Å². The van der Waals surface area contributed by atoms with Gasteiger partial charge in [-0.3, -0.25) is 14.3 Å². The molecule has 246 valence electrons. The maximum atomic E-state index is 14.1. The lowest BCUT2D eigenvalue weighted by Gasteiger charge is -2.33. The lowest BCUT2D eigenvalue weighted by molar-refractivity contribution is -0.190. The van der Waals surface area contributed by atoms with E-state index in [2.05, 4.69) is 26.9 Å². The topological polar surface area (TPSA) is 130 Å². The normalized spacial score (nSPS) is 21.4. The summed E-state index contributed by atoms with van der Waals surface area (Å²) in [6.07, 6.45) is -0.298. The van der Waals surface area contributed by atoms with Gasteiger partial charge >= 0.3 is 6.18 Å². The van der Waals surface area contributed by atoms with Crippen molar-refractivity contribution >= 4 is 17.5 Å². The number of alkyl halides is 5. The zero-order valence-electron chi connectivity index (χ0n) is 25.4. The molecular formula is C31H35F5N8O2. The molecule has 6 rings (SSSR count). The molecule has 46 heavy (non-hydrogen) atoms. The van der Waals surface area contributed by atoms with Crippen molar-refractivity contribution in [1.82, 2.24) is 35.0 Å². The summed E-state index contributed by atoms with van der Waals surface area (Å²) >= 11 is 0. The smallest absolute Gasteiger partial charge is 0.348 e. The van der Waals surface area contributed by atoms with Crippen LogP contribution in [0.5, 0.6) is 0 Å². The second-order valence-corrected chi connectivity index (χ2v) is 13.4. The molecule has 3 heterocycles. The first kappa shape index (κ1) is 31.9. The highest BCUT2D eigenvalue weighted by Gasteiger charge is 2.64. The molecule has 2 N–H and O–H groups in total. The fourth-order valence-electron chi connectivity index (χ4n) is 6.54. The third-order valence-corrected chi connectivity index (χ3v) is 9.75. The Hall–Kier alpha value is -4.09. The second-order valence-electron chi connectivity index (χ2n) is 13.4. The predicted octanol–water partition coefficient (Wildman–Crippen LogP) is 6.00. The van der Waals surface area contributed by atoms with Crippen molar-refractivity contribution in [3.63, 3.8) is 0 Å². The Kier molecular flexibility index (Phi) is 7.84. The molecule has 0 spiro atoms. The maximum Gasteiger partial charge on any atom is 0.395 e. The van der Waals surface area contributed by atoms with E-state index >= 15 is 0 Å². The van der Waals surface area contributed by atoms with E-state index in [1.807, 2.05) is 13.8 Å². The van der Waals surface area contributed by atoms with E-state index in [0.29, 0.717) is 35.4 Å². The molecule has 3 aliphatic rings. The fourth-order valence-corrected chi connectivity index (χ4v) is 6.54. The van der Waals surface area contributed by atoms with Gasteiger partial charge in [0.25, 0.3) is 5.91 Å². The minimum absolute atomic E-state index is 0.0970. The number of nitriles is 1. The first-order valence-electron chi connectivity index (χ1n) is 15.5. The molecule has 0 radical (unpaired) electrons. The fraction of sp³-hybridized carbons (Fsp3) is 0.613. The van der Waals surface area contributed by atoms with Crippen LogP contribution in [0.2, 0.25) is 0 Å². The molecule has 0 saturated heterocycles. The quantitative estimate of drug-likeness (QED) is 0.260. The number of carbonyl (C=O) groups excluding carboxylic acids is 2. The minimum Gasteiger partial charge on any atom is -0.348 e. The molecule has 2 amide bonds. The van der Waals surface area contributed by atoms with Gasteiger partial charge in [-0.15, -0.1) is 0 Å². The van der Waals surface area contributed by atoms with Crippen LogP contribution in [-0.2, 0) is 4.79 Å². The molecule has 2 atom stereocenters. The van der Waals surface area contributed by atoms with Crippen LogP contribution >= 0.6 is 0 Å². The minimum atomic E-state index is -4.49. The highest BCUT2D eigenvalue weighted by molar-refractivity contribution is 5.92. The number of hydrogen-bond donors (Lipinski definition) is 2. The van der Waals surface area contributed by atoms with Gasteiger partial charge < -0.3 is 10.6 Å². The van der Waals surface area contributed by atoms with Crippen molar-refractivity contribution in [2.24, 2.45) is 16.7 Å². The predicted molar refractivity (Wildman–Crippen MR) is 153 cm³/mol. The summed E-state index contributed by atoms with van der Waals surface area (Å²) in [6.45, 7) is 3.76. The molecule has 0 aromatic carbocycles. The van der Waals surface area contributed by atoms with E-state index in [1.165, 1.54) is 16.9 Å². The van der Waals surface area contributed by atoms with Gasteiger partial charge in [-0.1, -0.05) is 0 Å². The van der Waals surface area contributed by atoms with Gasteiger partial charge in [-0.25, -0.2) is 18.3 Å². The molecule has 0 bridgehead atoms. The number of aromatic nitrogens is 5. The van der Waals surface area contributed by atoms with Crippen LogP contribution in [0.4, 0.5) is 22.0 Å². The number of carbonyl (C=O) groups is 2. The molecular weight excluding hydrogens is 611 g/mol. The Morgan fingerprint density at radius 1 is 1.09 bits per heavy atom. The van der Waals surface area contributed by atoms with Gasteiger partial charge in [-0.2, -0.15) is 28.6 Å². The number of nitrogens with one attached hydrogen (secondary N) is 2. The van der Waals surface area contributed by atoms with E-state index in [9.17, 15) is 36.8 Å². The summed E-state index contributed by atoms with van der Waals surface area (Å²) < 4.78 is 71.8. The van der Waals surface area contributed by atoms with Crippen molar-refractivity contribution in [2.45, 2.75) is 102 Å². The molecule has 3 aliphatic carbocycles. The zero-order valence-corrected chi connectivity index (χ0v) is 25.4. The van der Waals surface area contributed by atoms with Crippen LogP contribution in [0.25, 0.3) is 5.65 Å². The SMILES string of the molecule is CC(C)n1nccc1C(=O)N[C@H](c1cn2ncc([C@H](NC(=O)CC3(C(F)(F)F)CC3)C3(C#N)CC3)cc2n1)C1CCC(F)(F)CC1. The summed E-state index contributed by atoms with van der Waals surface area (Å²) in [5.74, 6) is -4.34. The van der Waals surface area contributed by atoms with Gasteiger partial charge in [0.1, 0.15) is 5.69 Å². The number of nitrogens with zero attached hydrogens (tertiary/aromatic N) is 6. The van der Waals surface area contributed by atoms with E-state index in [0.717, 1.165) is 0 Å². The van der Waals surface area contributed by atoms with E-state index < -0.39 is 53.2 Å². The molecule has 3 aromatic rings. The third kappa shape index (κ3) is 6.05. The number of amides is 2. The number of rotatable bonds is 10. The molecule has 0 unspecified atom stereocenters. The largest absolute Gasteiger partial charge is 0.395 e. The van der Waals surface area contributed by atoms with Crippen molar-refractivity contribution in [1.29, 1.82) is 5.26 Å². The maximum absolute atomic E-state index is 14.1. The first-order chi connectivity index (χ1) is 21.7. The second kappa shape index (κ2) is 11.3. The van der Waals surface area contributed by atoms with Crippen molar-refractivity contribution in [3.8, 4) is 6.07 Å². The van der Waals surface area contributed by atoms with Crippen LogP contribution in [-0.4, -0.2) is 48.3 Å². The summed E-state index contributed by atoms with van der Waals surface area (Å²) in [5.41, 5.74) is -1.58. The summed E-state index contributed by atoms with van der Waals surface area (Å²) in [6, 6.07) is 3.68. The molecule has 10 nitrogen and oxygen atoms in total. The van der Waals surface area contributed by atoms with E-state index in [-0.39, 0.29) is 50.5 Å². The molecule has 0 aliphatic heterocycles. The van der Waals surface area contributed by atoms with Crippen LogP contribution in [0.15, 0.2) is 30.7 Å². The standard InChI is InChI=1S/C31H35F5N8O2/c1-18(2)44-22(5-12-38-44)27(46)42-25(19-3-6-30(32,33)7-4-19)21-16-43-23(40-21)13-20(15-39-43)26(28(17-37)8-9-28)41-24(45)14-29(10-11-29)31(34,35)36/h5,12-13,15-16,18-19,25-26H,3-4,6-11,14H2,1-2H3,(H,41,45)(H,42,46)/t25-,26-/m0/s1. The van der Waals surface area contributed by atoms with Crippen LogP contribution in [0.1, 0.15) is 112 Å². The lowest BCUT2D eigenvalue weighted by Crippen LogP contribution is -2.38. The van der Waals surface area contributed by atoms with Gasteiger partial charge in [0.05, 0.1) is 47.1 Å². The Balaban J connectivity index is 1.29. The Morgan fingerprint density at radius 3 is 2.37 bits per heavy atom. The zero-order chi connectivity index (χ0) is 33.1. The van der Waals surface area contributed by atoms with Crippen LogP contribution in [0.3, 0.4) is 0 Å². The number of fused-ring (bicyclic) bond motifs is 1. The van der Waals surface area contributed by atoms with Crippen molar-refractivity contribution in [3.05, 3.63) is 47.7 Å². The average Bonchev–Trinajstić information content (AvgIpc) is 3.86. The highest BCUT2D eigenvalue weighted by Crippen LogP contribution is 2.60. The lowest BCUT2D eigenvalue weighted by atomic mass is 9.81. The van der Waals surface area contributed by atoms with Gasteiger partial charge in [-0.05, 0) is 76.0 Å². The third-order valence-electron chi connectivity index (χ3n) is 9.75. The highest BCUT2D eigenvalue weighted by atomic mass is 19.4. The molecule has 3 fully saturated rings. The van der Waals surface area contributed by atoms with Gasteiger partial charge in [0.2, 0.25) is 11.8 Å². The average molecular weight is 647 g/mol. The van der Waals surface area contributed by atoms with Crippen LogP contribution < -0.4 is 10.6 Å². The summed E-state index contributed by atoms with van der Waals surface area (Å²) in [5, 5.41) is 24.3. The molecule has 15 heteroatoms. The Morgan fingerprint density at radius 2 is 1.78 bits per heavy atom. The van der Waals surface area contributed by atoms with Crippen molar-refractivity contribution in [2.75, 3.05) is 0 Å². The first-order valence-corrected chi connectivity index (χ1v) is 15.5. The molecule has 3 saturated carbocycles. The number of hydrogen-bond acceptors (Lipinski definition) is 6. The van der Waals surface area contributed by atoms with E-state index in [4.69, 9.17) is 4.98 Å². The molecule has 3 aromatic heterocycles. The summed E-state index contributed by atoms with van der Waals surface area (Å²) in [4.78, 5) is 31.1. The Bertz CT molecular complexity index is 1670. The van der Waals surface area contributed by atoms with E-state index in [1.54, 1.807) is 23.0 Å². The monoisotopic (exact) mass is 646 g/mol. The van der Waals surface area contributed by atoms with Gasteiger partial charge in [0.15, 0.2) is 5.65 Å². The van der Waals surface area contributed by atoms with Gasteiger partial charge in [0, 0.05) is 31.5 Å².